The Hall–Kier alpha value is -0.830. The zero-order valence-corrected chi connectivity index (χ0v) is 15.5. The predicted molar refractivity (Wildman–Crippen MR) is 97.3 cm³/mol. The number of Topliss-reactive ketones (excluding diaryl/α,β-unsaturated/α-hetero) is 1. The molecule has 0 N–H and O–H groups in total. The van der Waals surface area contributed by atoms with Crippen molar-refractivity contribution in [1.29, 1.82) is 0 Å². The Labute approximate surface area is 143 Å². The molecule has 0 aliphatic carbocycles. The zero-order chi connectivity index (χ0) is 16.2. The number of unbranched alkanes of at least 4 members (excludes halogenated alkanes) is 6. The molecule has 0 spiro atoms. The van der Waals surface area contributed by atoms with Gasteiger partial charge in [-0.05, 0) is 30.7 Å². The summed E-state index contributed by atoms with van der Waals surface area (Å²) in [5, 5.41) is 0. The summed E-state index contributed by atoms with van der Waals surface area (Å²) >= 11 is 3.65. The molecule has 0 radical (unpaired) electrons. The maximum atomic E-state index is 12.2. The van der Waals surface area contributed by atoms with Gasteiger partial charge in [0.05, 0.1) is 7.11 Å². The highest BCUT2D eigenvalue weighted by molar-refractivity contribution is 9.09. The van der Waals surface area contributed by atoms with E-state index in [0.717, 1.165) is 17.7 Å². The highest BCUT2D eigenvalue weighted by atomic mass is 79.9. The van der Waals surface area contributed by atoms with E-state index < -0.39 is 0 Å². The number of rotatable bonds is 12. The smallest absolute Gasteiger partial charge is 0.163 e. The van der Waals surface area contributed by atoms with E-state index in [4.69, 9.17) is 4.74 Å². The lowest BCUT2D eigenvalue weighted by atomic mass is 10.0. The second kappa shape index (κ2) is 11.7. The Morgan fingerprint density at radius 2 is 1.64 bits per heavy atom. The van der Waals surface area contributed by atoms with Gasteiger partial charge in [0.1, 0.15) is 5.75 Å². The Morgan fingerprint density at radius 3 is 2.23 bits per heavy atom. The SMILES string of the molecule is CCCCCCCCCC(Br)CC(=O)c1ccc(OC)cc1. The molecular weight excluding hydrogens is 340 g/mol. The second-order valence-electron chi connectivity index (χ2n) is 5.86. The first-order valence-corrected chi connectivity index (χ1v) is 9.40. The summed E-state index contributed by atoms with van der Waals surface area (Å²) in [6.07, 6.45) is 10.8. The fourth-order valence-electron chi connectivity index (χ4n) is 2.52. The molecule has 124 valence electrons. The highest BCUT2D eigenvalue weighted by Gasteiger charge is 2.12. The van der Waals surface area contributed by atoms with Crippen LogP contribution in [-0.4, -0.2) is 17.7 Å². The van der Waals surface area contributed by atoms with E-state index in [1.54, 1.807) is 7.11 Å². The van der Waals surface area contributed by atoms with Crippen molar-refractivity contribution in [3.05, 3.63) is 29.8 Å². The number of carbonyl (C=O) groups excluding carboxylic acids is 1. The van der Waals surface area contributed by atoms with Crippen LogP contribution in [0, 0.1) is 0 Å². The van der Waals surface area contributed by atoms with E-state index in [1.165, 1.54) is 44.9 Å². The fourth-order valence-corrected chi connectivity index (χ4v) is 3.14. The molecule has 2 nitrogen and oxygen atoms in total. The molecule has 0 bridgehead atoms. The van der Waals surface area contributed by atoms with Crippen LogP contribution in [0.3, 0.4) is 0 Å². The summed E-state index contributed by atoms with van der Waals surface area (Å²) < 4.78 is 5.11. The molecule has 1 rings (SSSR count). The van der Waals surface area contributed by atoms with Crippen LogP contribution in [0.1, 0.15) is 75.1 Å². The van der Waals surface area contributed by atoms with Crippen molar-refractivity contribution in [1.82, 2.24) is 0 Å². The molecule has 1 aromatic carbocycles. The molecule has 0 saturated heterocycles. The third-order valence-corrected chi connectivity index (χ3v) is 4.72. The first-order chi connectivity index (χ1) is 10.7. The van der Waals surface area contributed by atoms with Crippen molar-refractivity contribution in [2.45, 2.75) is 69.5 Å². The summed E-state index contributed by atoms with van der Waals surface area (Å²) in [4.78, 5) is 12.5. The molecule has 0 aliphatic rings. The lowest BCUT2D eigenvalue weighted by molar-refractivity contribution is 0.0981. The van der Waals surface area contributed by atoms with Gasteiger partial charge in [-0.15, -0.1) is 0 Å². The van der Waals surface area contributed by atoms with Gasteiger partial charge in [-0.2, -0.15) is 0 Å². The summed E-state index contributed by atoms with van der Waals surface area (Å²) in [7, 11) is 1.63. The number of halogens is 1. The molecule has 0 heterocycles. The van der Waals surface area contributed by atoms with Crippen LogP contribution in [0.15, 0.2) is 24.3 Å². The number of alkyl halides is 1. The molecule has 0 amide bonds. The van der Waals surface area contributed by atoms with Crippen molar-refractivity contribution in [3.8, 4) is 5.75 Å². The number of hydrogen-bond donors (Lipinski definition) is 0. The second-order valence-corrected chi connectivity index (χ2v) is 7.16. The third kappa shape index (κ3) is 7.98. The summed E-state index contributed by atoms with van der Waals surface area (Å²) in [6, 6.07) is 7.36. The van der Waals surface area contributed by atoms with Crippen molar-refractivity contribution in [3.63, 3.8) is 0 Å². The van der Waals surface area contributed by atoms with E-state index in [9.17, 15) is 4.79 Å². The maximum Gasteiger partial charge on any atom is 0.163 e. The van der Waals surface area contributed by atoms with E-state index in [-0.39, 0.29) is 10.6 Å². The number of ketones is 1. The monoisotopic (exact) mass is 368 g/mol. The first kappa shape index (κ1) is 19.2. The normalized spacial score (nSPS) is 12.1. The average Bonchev–Trinajstić information content (AvgIpc) is 2.54. The van der Waals surface area contributed by atoms with E-state index >= 15 is 0 Å². The molecule has 1 unspecified atom stereocenters. The van der Waals surface area contributed by atoms with Gasteiger partial charge in [0.2, 0.25) is 0 Å². The zero-order valence-electron chi connectivity index (χ0n) is 13.9. The molecule has 3 heteroatoms. The lowest BCUT2D eigenvalue weighted by Crippen LogP contribution is -2.08. The van der Waals surface area contributed by atoms with Gasteiger partial charge in [-0.25, -0.2) is 0 Å². The summed E-state index contributed by atoms with van der Waals surface area (Å²) in [5.41, 5.74) is 0.768. The van der Waals surface area contributed by atoms with Crippen LogP contribution in [-0.2, 0) is 0 Å². The molecule has 1 aromatic rings. The number of benzene rings is 1. The summed E-state index contributed by atoms with van der Waals surface area (Å²) in [6.45, 7) is 2.25. The van der Waals surface area contributed by atoms with Crippen molar-refractivity contribution >= 4 is 21.7 Å². The third-order valence-electron chi connectivity index (χ3n) is 3.94. The van der Waals surface area contributed by atoms with Crippen molar-refractivity contribution in [2.75, 3.05) is 7.11 Å². The van der Waals surface area contributed by atoms with Gasteiger partial charge in [0.25, 0.3) is 0 Å². The van der Waals surface area contributed by atoms with Gasteiger partial charge in [-0.1, -0.05) is 67.8 Å². The van der Waals surface area contributed by atoms with Crippen molar-refractivity contribution < 1.29 is 9.53 Å². The minimum absolute atomic E-state index is 0.201. The molecule has 22 heavy (non-hydrogen) atoms. The number of ether oxygens (including phenoxy) is 1. The number of methoxy groups -OCH3 is 1. The largest absolute Gasteiger partial charge is 0.497 e. The van der Waals surface area contributed by atoms with Crippen LogP contribution in [0.4, 0.5) is 0 Å². The van der Waals surface area contributed by atoms with Gasteiger partial charge >= 0.3 is 0 Å². The molecule has 0 aliphatic heterocycles. The van der Waals surface area contributed by atoms with E-state index in [1.807, 2.05) is 24.3 Å². The Bertz CT molecular complexity index is 414. The quantitative estimate of drug-likeness (QED) is 0.250. The fraction of sp³-hybridized carbons (Fsp3) is 0.632. The highest BCUT2D eigenvalue weighted by Crippen LogP contribution is 2.20. The van der Waals surface area contributed by atoms with Crippen LogP contribution in [0.25, 0.3) is 0 Å². The predicted octanol–water partition coefficient (Wildman–Crippen LogP) is 6.17. The van der Waals surface area contributed by atoms with Crippen LogP contribution >= 0.6 is 15.9 Å². The van der Waals surface area contributed by atoms with Gasteiger partial charge in [-0.3, -0.25) is 4.79 Å². The summed E-state index contributed by atoms with van der Waals surface area (Å²) in [5.74, 6) is 0.988. The van der Waals surface area contributed by atoms with E-state index in [0.29, 0.717) is 6.42 Å². The average molecular weight is 369 g/mol. The lowest BCUT2D eigenvalue weighted by Gasteiger charge is -2.09. The van der Waals surface area contributed by atoms with Gasteiger partial charge in [0, 0.05) is 16.8 Å². The minimum atomic E-state index is 0.201. The topological polar surface area (TPSA) is 26.3 Å². The van der Waals surface area contributed by atoms with Crippen LogP contribution in [0.2, 0.25) is 0 Å². The van der Waals surface area contributed by atoms with Gasteiger partial charge < -0.3 is 4.74 Å². The Morgan fingerprint density at radius 1 is 1.05 bits per heavy atom. The number of hydrogen-bond acceptors (Lipinski definition) is 2. The maximum absolute atomic E-state index is 12.2. The van der Waals surface area contributed by atoms with Crippen LogP contribution < -0.4 is 4.74 Å². The Kier molecular flexibility index (Phi) is 10.2. The van der Waals surface area contributed by atoms with Gasteiger partial charge in [0.15, 0.2) is 5.78 Å². The Balaban J connectivity index is 2.18. The minimum Gasteiger partial charge on any atom is -0.497 e. The molecule has 1 atom stereocenters. The number of carbonyl (C=O) groups is 1. The molecule has 0 saturated carbocycles. The molecule has 0 aromatic heterocycles. The standard InChI is InChI=1S/C19H29BrO2/c1-3-4-5-6-7-8-9-10-17(20)15-19(21)16-11-13-18(22-2)14-12-16/h11-14,17H,3-10,15H2,1-2H3. The molecule has 0 fully saturated rings. The van der Waals surface area contributed by atoms with E-state index in [2.05, 4.69) is 22.9 Å². The molecular formula is C19H29BrO2. The van der Waals surface area contributed by atoms with Crippen LogP contribution in [0.5, 0.6) is 5.75 Å². The van der Waals surface area contributed by atoms with Crippen molar-refractivity contribution in [2.24, 2.45) is 0 Å². The first-order valence-electron chi connectivity index (χ1n) is 8.48.